The summed E-state index contributed by atoms with van der Waals surface area (Å²) in [7, 11) is 3.12. The summed E-state index contributed by atoms with van der Waals surface area (Å²) in [5.74, 6) is 2.79. The number of hydrogen-bond acceptors (Lipinski definition) is 8. The van der Waals surface area contributed by atoms with Crippen LogP contribution in [0.25, 0.3) is 11.0 Å². The maximum atomic E-state index is 12.6. The second-order valence-electron chi connectivity index (χ2n) is 7.74. The largest absolute Gasteiger partial charge is 0.493 e. The highest BCUT2D eigenvalue weighted by molar-refractivity contribution is 7.99. The fraction of sp³-hybridized carbons (Fsp3) is 0.478. The normalized spacial score (nSPS) is 13.8. The summed E-state index contributed by atoms with van der Waals surface area (Å²) in [6.07, 6.45) is 5.46. The van der Waals surface area contributed by atoms with Crippen molar-refractivity contribution in [3.05, 3.63) is 30.0 Å². The van der Waals surface area contributed by atoms with Crippen LogP contribution in [0.15, 0.2) is 29.6 Å². The standard InChI is InChI=1S/C23H30N6O3S/c1-4-33-23-26-20(28-11-6-5-7-12-28)17-15-25-29(21(17)27-23)13-10-24-22(30)16-8-9-18(31-2)19(14-16)32-3/h8-9,14-15H,4-7,10-13H2,1-3H3,(H,24,30). The fourth-order valence-corrected chi connectivity index (χ4v) is 4.54. The van der Waals surface area contributed by atoms with Crippen LogP contribution >= 0.6 is 11.8 Å². The Morgan fingerprint density at radius 2 is 1.91 bits per heavy atom. The third-order valence-electron chi connectivity index (χ3n) is 5.64. The predicted octanol–water partition coefficient (Wildman–Crippen LogP) is 3.38. The van der Waals surface area contributed by atoms with Gasteiger partial charge in [0.25, 0.3) is 5.91 Å². The number of hydrogen-bond donors (Lipinski definition) is 1. The van der Waals surface area contributed by atoms with E-state index in [1.807, 2.05) is 10.9 Å². The van der Waals surface area contributed by atoms with Crippen LogP contribution in [0, 0.1) is 0 Å². The average Bonchev–Trinajstić information content (AvgIpc) is 3.26. The van der Waals surface area contributed by atoms with E-state index < -0.39 is 0 Å². The van der Waals surface area contributed by atoms with Crippen LogP contribution in [-0.4, -0.2) is 65.3 Å². The second kappa shape index (κ2) is 10.7. The zero-order chi connectivity index (χ0) is 23.2. The van der Waals surface area contributed by atoms with Gasteiger partial charge in [-0.05, 0) is 43.2 Å². The lowest BCUT2D eigenvalue weighted by molar-refractivity contribution is 0.0951. The molecule has 3 aromatic rings. The van der Waals surface area contributed by atoms with Gasteiger partial charge >= 0.3 is 0 Å². The molecule has 3 heterocycles. The minimum Gasteiger partial charge on any atom is -0.493 e. The number of benzene rings is 1. The second-order valence-corrected chi connectivity index (χ2v) is 8.97. The number of nitrogens with zero attached hydrogens (tertiary/aromatic N) is 5. The first-order valence-corrected chi connectivity index (χ1v) is 12.2. The zero-order valence-electron chi connectivity index (χ0n) is 19.3. The first kappa shape index (κ1) is 23.2. The lowest BCUT2D eigenvalue weighted by Gasteiger charge is -2.28. The Kier molecular flexibility index (Phi) is 7.54. The van der Waals surface area contributed by atoms with E-state index in [2.05, 4.69) is 22.2 Å². The molecule has 1 aliphatic heterocycles. The molecule has 4 rings (SSSR count). The first-order valence-electron chi connectivity index (χ1n) is 11.3. The van der Waals surface area contributed by atoms with E-state index in [0.29, 0.717) is 30.2 Å². The molecule has 9 nitrogen and oxygen atoms in total. The van der Waals surface area contributed by atoms with E-state index in [0.717, 1.165) is 40.9 Å². The number of piperidine rings is 1. The van der Waals surface area contributed by atoms with Gasteiger partial charge in [-0.3, -0.25) is 4.79 Å². The van der Waals surface area contributed by atoms with E-state index in [-0.39, 0.29) is 5.91 Å². The van der Waals surface area contributed by atoms with Crippen LogP contribution < -0.4 is 19.7 Å². The number of carbonyl (C=O) groups is 1. The number of fused-ring (bicyclic) bond motifs is 1. The van der Waals surface area contributed by atoms with Crippen molar-refractivity contribution < 1.29 is 14.3 Å². The third kappa shape index (κ3) is 5.16. The van der Waals surface area contributed by atoms with Crippen molar-refractivity contribution in [1.29, 1.82) is 0 Å². The predicted molar refractivity (Wildman–Crippen MR) is 130 cm³/mol. The van der Waals surface area contributed by atoms with Crippen LogP contribution in [0.1, 0.15) is 36.5 Å². The maximum Gasteiger partial charge on any atom is 0.251 e. The summed E-state index contributed by atoms with van der Waals surface area (Å²) in [6.45, 7) is 5.04. The van der Waals surface area contributed by atoms with E-state index in [1.54, 1.807) is 44.2 Å². The van der Waals surface area contributed by atoms with Crippen molar-refractivity contribution in [2.24, 2.45) is 0 Å². The molecule has 1 aliphatic rings. The van der Waals surface area contributed by atoms with Crippen molar-refractivity contribution in [1.82, 2.24) is 25.1 Å². The van der Waals surface area contributed by atoms with Crippen LogP contribution in [0.5, 0.6) is 11.5 Å². The summed E-state index contributed by atoms with van der Waals surface area (Å²) in [5, 5.41) is 9.24. The van der Waals surface area contributed by atoms with Gasteiger partial charge in [0.05, 0.1) is 32.3 Å². The summed E-state index contributed by atoms with van der Waals surface area (Å²) in [4.78, 5) is 24.6. The Morgan fingerprint density at radius 1 is 1.12 bits per heavy atom. The molecular formula is C23H30N6O3S. The van der Waals surface area contributed by atoms with E-state index in [1.165, 1.54) is 19.3 Å². The SMILES string of the molecule is CCSc1nc(N2CCCCC2)c2cnn(CCNC(=O)c3ccc(OC)c(OC)c3)c2n1. The van der Waals surface area contributed by atoms with Gasteiger partial charge in [0, 0.05) is 25.2 Å². The van der Waals surface area contributed by atoms with Crippen molar-refractivity contribution >= 4 is 34.5 Å². The summed E-state index contributed by atoms with van der Waals surface area (Å²) < 4.78 is 12.4. The highest BCUT2D eigenvalue weighted by Crippen LogP contribution is 2.29. The number of nitrogens with one attached hydrogen (secondary N) is 1. The molecule has 1 N–H and O–H groups in total. The van der Waals surface area contributed by atoms with Crippen molar-refractivity contribution in [2.45, 2.75) is 37.9 Å². The molecule has 2 aromatic heterocycles. The number of aromatic nitrogens is 4. The summed E-state index contributed by atoms with van der Waals surface area (Å²) in [6, 6.07) is 5.11. The Labute approximate surface area is 197 Å². The average molecular weight is 471 g/mol. The van der Waals surface area contributed by atoms with E-state index in [4.69, 9.17) is 19.4 Å². The molecular weight excluding hydrogens is 440 g/mol. The van der Waals surface area contributed by atoms with Gasteiger partial charge in [-0.25, -0.2) is 14.6 Å². The van der Waals surface area contributed by atoms with Gasteiger partial charge in [0.2, 0.25) is 0 Å². The molecule has 10 heteroatoms. The lowest BCUT2D eigenvalue weighted by atomic mass is 10.1. The van der Waals surface area contributed by atoms with Crippen LogP contribution in [-0.2, 0) is 6.54 Å². The number of anilines is 1. The number of rotatable bonds is 9. The Morgan fingerprint density at radius 3 is 2.64 bits per heavy atom. The molecule has 33 heavy (non-hydrogen) atoms. The first-order chi connectivity index (χ1) is 16.1. The third-order valence-corrected chi connectivity index (χ3v) is 6.37. The maximum absolute atomic E-state index is 12.6. The topological polar surface area (TPSA) is 94.4 Å². The minimum absolute atomic E-state index is 0.182. The molecule has 1 saturated heterocycles. The molecule has 176 valence electrons. The highest BCUT2D eigenvalue weighted by atomic mass is 32.2. The van der Waals surface area contributed by atoms with Crippen LogP contribution in [0.3, 0.4) is 0 Å². The molecule has 0 radical (unpaired) electrons. The number of thioether (sulfide) groups is 1. The summed E-state index contributed by atoms with van der Waals surface area (Å²) >= 11 is 1.63. The van der Waals surface area contributed by atoms with Gasteiger partial charge in [-0.1, -0.05) is 18.7 Å². The minimum atomic E-state index is -0.182. The van der Waals surface area contributed by atoms with E-state index in [9.17, 15) is 4.79 Å². The fourth-order valence-electron chi connectivity index (χ4n) is 3.98. The zero-order valence-corrected chi connectivity index (χ0v) is 20.2. The lowest BCUT2D eigenvalue weighted by Crippen LogP contribution is -2.30. The Hall–Kier alpha value is -3.01. The van der Waals surface area contributed by atoms with Gasteiger partial charge in [0.15, 0.2) is 22.3 Å². The van der Waals surface area contributed by atoms with Gasteiger partial charge in [-0.2, -0.15) is 5.10 Å². The molecule has 0 bridgehead atoms. The van der Waals surface area contributed by atoms with Gasteiger partial charge in [-0.15, -0.1) is 0 Å². The number of methoxy groups -OCH3 is 2. The van der Waals surface area contributed by atoms with Gasteiger partial charge < -0.3 is 19.7 Å². The van der Waals surface area contributed by atoms with Crippen LogP contribution in [0.4, 0.5) is 5.82 Å². The molecule has 0 saturated carbocycles. The molecule has 1 aromatic carbocycles. The quantitative estimate of drug-likeness (QED) is 0.376. The molecule has 1 fully saturated rings. The molecule has 0 spiro atoms. The van der Waals surface area contributed by atoms with E-state index >= 15 is 0 Å². The Bertz CT molecular complexity index is 1110. The highest BCUT2D eigenvalue weighted by Gasteiger charge is 2.20. The number of carbonyl (C=O) groups excluding carboxylic acids is 1. The molecule has 0 atom stereocenters. The van der Waals surface area contributed by atoms with Crippen LogP contribution in [0.2, 0.25) is 0 Å². The number of ether oxygens (including phenoxy) is 2. The molecule has 0 unspecified atom stereocenters. The van der Waals surface area contributed by atoms with Crippen molar-refractivity contribution in [2.75, 3.05) is 44.5 Å². The van der Waals surface area contributed by atoms with Crippen molar-refractivity contribution in [3.8, 4) is 11.5 Å². The smallest absolute Gasteiger partial charge is 0.251 e. The molecule has 0 aliphatic carbocycles. The van der Waals surface area contributed by atoms with Gasteiger partial charge in [0.1, 0.15) is 5.82 Å². The Balaban J connectivity index is 1.49. The summed E-state index contributed by atoms with van der Waals surface area (Å²) in [5.41, 5.74) is 1.32. The van der Waals surface area contributed by atoms with Crippen molar-refractivity contribution in [3.63, 3.8) is 0 Å². The monoisotopic (exact) mass is 470 g/mol. The number of amides is 1. The molecule has 1 amide bonds.